The summed E-state index contributed by atoms with van der Waals surface area (Å²) in [5, 5.41) is 2.63. The molecular weight excluding hydrogens is 302 g/mol. The summed E-state index contributed by atoms with van der Waals surface area (Å²) in [5.74, 6) is -0.112. The Hall–Kier alpha value is -1.56. The van der Waals surface area contributed by atoms with E-state index in [0.717, 1.165) is 24.2 Å². The molecule has 0 atom stereocenters. The molecule has 1 aromatic rings. The van der Waals surface area contributed by atoms with E-state index in [-0.39, 0.29) is 5.75 Å². The molecule has 124 valence electrons. The van der Waals surface area contributed by atoms with Crippen LogP contribution in [0.25, 0.3) is 0 Å². The standard InChI is InChI=1S/C16H25NO4S/c1-3-5-9-21-15-8-6-7-14(11-15)12-17-16(18)13-22(19,20)10-4-2/h6-8,11H,3-5,9-10,12-13H2,1-2H3,(H,17,18). The average Bonchev–Trinajstić information content (AvgIpc) is 2.45. The van der Waals surface area contributed by atoms with Crippen molar-refractivity contribution in [3.05, 3.63) is 29.8 Å². The summed E-state index contributed by atoms with van der Waals surface area (Å²) in [6.45, 7) is 4.84. The lowest BCUT2D eigenvalue weighted by Crippen LogP contribution is -2.30. The van der Waals surface area contributed by atoms with E-state index in [9.17, 15) is 13.2 Å². The van der Waals surface area contributed by atoms with Crippen LogP contribution in [0.15, 0.2) is 24.3 Å². The number of carbonyl (C=O) groups excluding carboxylic acids is 1. The zero-order valence-electron chi connectivity index (χ0n) is 13.3. The first-order valence-corrected chi connectivity index (χ1v) is 9.48. The van der Waals surface area contributed by atoms with Gasteiger partial charge in [-0.15, -0.1) is 0 Å². The van der Waals surface area contributed by atoms with Crippen LogP contribution in [0.4, 0.5) is 0 Å². The van der Waals surface area contributed by atoms with E-state index in [0.29, 0.717) is 19.6 Å². The summed E-state index contributed by atoms with van der Waals surface area (Å²) in [6.07, 6.45) is 2.59. The molecule has 6 heteroatoms. The maximum atomic E-state index is 11.7. The van der Waals surface area contributed by atoms with Gasteiger partial charge >= 0.3 is 0 Å². The van der Waals surface area contributed by atoms with E-state index in [1.807, 2.05) is 24.3 Å². The number of ether oxygens (including phenoxy) is 1. The number of unbranched alkanes of at least 4 members (excludes halogenated alkanes) is 1. The van der Waals surface area contributed by atoms with Gasteiger partial charge in [0.2, 0.25) is 5.91 Å². The molecule has 1 amide bonds. The van der Waals surface area contributed by atoms with Gasteiger partial charge in [0.1, 0.15) is 11.5 Å². The van der Waals surface area contributed by atoms with Crippen LogP contribution < -0.4 is 10.1 Å². The highest BCUT2D eigenvalue weighted by molar-refractivity contribution is 7.92. The number of nitrogens with one attached hydrogen (secondary N) is 1. The molecule has 0 saturated heterocycles. The molecule has 0 fully saturated rings. The van der Waals surface area contributed by atoms with Gasteiger partial charge in [0.25, 0.3) is 0 Å². The quantitative estimate of drug-likeness (QED) is 0.669. The van der Waals surface area contributed by atoms with Crippen molar-refractivity contribution in [3.63, 3.8) is 0 Å². The summed E-state index contributed by atoms with van der Waals surface area (Å²) < 4.78 is 28.7. The molecule has 0 aliphatic rings. The number of sulfone groups is 1. The Kier molecular flexibility index (Phi) is 7.95. The molecule has 0 spiro atoms. The minimum absolute atomic E-state index is 0.0428. The number of benzene rings is 1. The molecule has 1 rings (SSSR count). The number of hydrogen-bond donors (Lipinski definition) is 1. The Morgan fingerprint density at radius 1 is 1.23 bits per heavy atom. The highest BCUT2D eigenvalue weighted by atomic mass is 32.2. The Morgan fingerprint density at radius 3 is 2.68 bits per heavy atom. The SMILES string of the molecule is CCCCOc1cccc(CNC(=O)CS(=O)(=O)CCC)c1. The van der Waals surface area contributed by atoms with E-state index in [4.69, 9.17) is 4.74 Å². The van der Waals surface area contributed by atoms with Crippen LogP contribution >= 0.6 is 0 Å². The molecule has 0 heterocycles. The highest BCUT2D eigenvalue weighted by Crippen LogP contribution is 2.13. The van der Waals surface area contributed by atoms with Crippen molar-refractivity contribution in [3.8, 4) is 5.75 Å². The topological polar surface area (TPSA) is 72.5 Å². The monoisotopic (exact) mass is 327 g/mol. The lowest BCUT2D eigenvalue weighted by molar-refractivity contribution is -0.118. The normalized spacial score (nSPS) is 11.2. The molecule has 0 bridgehead atoms. The van der Waals surface area contributed by atoms with Crippen molar-refractivity contribution in [2.24, 2.45) is 0 Å². The van der Waals surface area contributed by atoms with Crippen molar-refractivity contribution in [2.75, 3.05) is 18.1 Å². The zero-order chi connectivity index (χ0) is 16.4. The second kappa shape index (κ2) is 9.46. The fraction of sp³-hybridized carbons (Fsp3) is 0.562. The van der Waals surface area contributed by atoms with Crippen molar-refractivity contribution in [2.45, 2.75) is 39.7 Å². The van der Waals surface area contributed by atoms with Gasteiger partial charge < -0.3 is 10.1 Å². The van der Waals surface area contributed by atoms with E-state index < -0.39 is 21.5 Å². The van der Waals surface area contributed by atoms with Crippen LogP contribution in [0.2, 0.25) is 0 Å². The van der Waals surface area contributed by atoms with E-state index in [1.165, 1.54) is 0 Å². The molecule has 0 aromatic heterocycles. The molecule has 0 aliphatic carbocycles. The van der Waals surface area contributed by atoms with Gasteiger partial charge in [-0.2, -0.15) is 0 Å². The van der Waals surface area contributed by atoms with E-state index in [1.54, 1.807) is 6.92 Å². The first-order valence-electron chi connectivity index (χ1n) is 7.65. The zero-order valence-corrected chi connectivity index (χ0v) is 14.1. The molecule has 0 radical (unpaired) electrons. The summed E-state index contributed by atoms with van der Waals surface area (Å²) in [4.78, 5) is 11.7. The average molecular weight is 327 g/mol. The smallest absolute Gasteiger partial charge is 0.235 e. The lowest BCUT2D eigenvalue weighted by atomic mass is 10.2. The van der Waals surface area contributed by atoms with Gasteiger partial charge in [0, 0.05) is 6.54 Å². The molecule has 1 N–H and O–H groups in total. The van der Waals surface area contributed by atoms with Gasteiger partial charge in [-0.25, -0.2) is 8.42 Å². The van der Waals surface area contributed by atoms with Gasteiger partial charge in [-0.3, -0.25) is 4.79 Å². The fourth-order valence-corrected chi connectivity index (χ4v) is 3.18. The van der Waals surface area contributed by atoms with Crippen molar-refractivity contribution >= 4 is 15.7 Å². The summed E-state index contributed by atoms with van der Waals surface area (Å²) >= 11 is 0. The molecule has 5 nitrogen and oxygen atoms in total. The van der Waals surface area contributed by atoms with Crippen molar-refractivity contribution in [1.82, 2.24) is 5.32 Å². The maximum Gasteiger partial charge on any atom is 0.235 e. The van der Waals surface area contributed by atoms with Crippen LogP contribution in [-0.2, 0) is 21.2 Å². The predicted octanol–water partition coefficient (Wildman–Crippen LogP) is 2.31. The largest absolute Gasteiger partial charge is 0.494 e. The fourth-order valence-electron chi connectivity index (χ4n) is 1.91. The van der Waals surface area contributed by atoms with Gasteiger partial charge in [0.15, 0.2) is 9.84 Å². The molecule has 22 heavy (non-hydrogen) atoms. The Morgan fingerprint density at radius 2 is 2.00 bits per heavy atom. The third-order valence-electron chi connectivity index (χ3n) is 3.02. The molecule has 0 aliphatic heterocycles. The Balaban J connectivity index is 2.47. The van der Waals surface area contributed by atoms with Crippen LogP contribution in [0, 0.1) is 0 Å². The second-order valence-electron chi connectivity index (χ2n) is 5.22. The molecule has 1 aromatic carbocycles. The maximum absolute atomic E-state index is 11.7. The van der Waals surface area contributed by atoms with Crippen LogP contribution in [-0.4, -0.2) is 32.4 Å². The van der Waals surface area contributed by atoms with E-state index in [2.05, 4.69) is 12.2 Å². The predicted molar refractivity (Wildman–Crippen MR) is 87.6 cm³/mol. The van der Waals surface area contributed by atoms with Crippen LogP contribution in [0.3, 0.4) is 0 Å². The van der Waals surface area contributed by atoms with Gasteiger partial charge in [-0.05, 0) is 30.5 Å². The Labute approximate surface area is 133 Å². The first-order chi connectivity index (χ1) is 10.5. The first kappa shape index (κ1) is 18.5. The van der Waals surface area contributed by atoms with Crippen molar-refractivity contribution in [1.29, 1.82) is 0 Å². The number of hydrogen-bond acceptors (Lipinski definition) is 4. The summed E-state index contributed by atoms with van der Waals surface area (Å²) in [5.41, 5.74) is 0.884. The number of rotatable bonds is 10. The molecular formula is C16H25NO4S. The van der Waals surface area contributed by atoms with Gasteiger partial charge in [-0.1, -0.05) is 32.4 Å². The Bertz CT molecular complexity index is 569. The molecule has 0 saturated carbocycles. The summed E-state index contributed by atoms with van der Waals surface area (Å²) in [6, 6.07) is 7.45. The van der Waals surface area contributed by atoms with E-state index >= 15 is 0 Å². The van der Waals surface area contributed by atoms with Crippen LogP contribution in [0.5, 0.6) is 5.75 Å². The third kappa shape index (κ3) is 7.45. The minimum atomic E-state index is -3.30. The highest BCUT2D eigenvalue weighted by Gasteiger charge is 2.15. The number of carbonyl (C=O) groups is 1. The van der Waals surface area contributed by atoms with Crippen LogP contribution in [0.1, 0.15) is 38.7 Å². The lowest BCUT2D eigenvalue weighted by Gasteiger charge is -2.09. The molecule has 0 unspecified atom stereocenters. The van der Waals surface area contributed by atoms with Gasteiger partial charge in [0.05, 0.1) is 12.4 Å². The number of amides is 1. The van der Waals surface area contributed by atoms with Crippen molar-refractivity contribution < 1.29 is 17.9 Å². The third-order valence-corrected chi connectivity index (χ3v) is 4.75. The summed E-state index contributed by atoms with van der Waals surface area (Å²) in [7, 11) is -3.30. The minimum Gasteiger partial charge on any atom is -0.494 e. The second-order valence-corrected chi connectivity index (χ2v) is 7.40.